The molecule has 2 aromatic rings. The molecule has 0 fully saturated rings. The Hall–Kier alpha value is -2.19. The second-order valence-electron chi connectivity index (χ2n) is 3.94. The molecule has 22 heavy (non-hydrogen) atoms. The van der Waals surface area contributed by atoms with Crippen LogP contribution in [0.5, 0.6) is 5.75 Å². The Kier molecular flexibility index (Phi) is 4.78. The number of aromatic hydroxyl groups is 1. The van der Waals surface area contributed by atoms with Gasteiger partial charge >= 0.3 is 24.5 Å². The molecule has 1 N–H and O–H groups in total. The smallest absolute Gasteiger partial charge is 0.744 e. The van der Waals surface area contributed by atoms with Gasteiger partial charge in [-0.2, -0.15) is 0 Å². The van der Waals surface area contributed by atoms with Crippen LogP contribution < -0.4 is 18.9 Å². The molecule has 0 atom stereocenters. The van der Waals surface area contributed by atoms with Crippen LogP contribution in [0.15, 0.2) is 29.2 Å². The summed E-state index contributed by atoms with van der Waals surface area (Å²) in [5, 5.41) is 30.7. The first-order valence-corrected chi connectivity index (χ1v) is 6.58. The second-order valence-corrected chi connectivity index (χ2v) is 5.32. The van der Waals surface area contributed by atoms with Crippen molar-refractivity contribution in [3.63, 3.8) is 0 Å². The molecule has 0 radical (unpaired) electrons. The zero-order valence-electron chi connectivity index (χ0n) is 10.9. The number of rotatable bonds is 3. The third kappa shape index (κ3) is 3.02. The fourth-order valence-corrected chi connectivity index (χ4v) is 2.30. The van der Waals surface area contributed by atoms with Crippen LogP contribution >= 0.6 is 0 Å². The third-order valence-corrected chi connectivity index (χ3v) is 3.55. The average molecular weight is 320 g/mol. The maximum atomic E-state index is 10.9. The van der Waals surface area contributed by atoms with Crippen LogP contribution in [0.2, 0.25) is 0 Å². The number of nitro benzene ring substituents is 2. The normalized spacial score (nSPS) is 11.0. The summed E-state index contributed by atoms with van der Waals surface area (Å²) in [6, 6.07) is 2.97. The number of non-ortho nitro benzene ring substituents is 1. The van der Waals surface area contributed by atoms with Gasteiger partial charge in [-0.05, 0) is 18.2 Å². The summed E-state index contributed by atoms with van der Waals surface area (Å²) in [7, 11) is -4.88. The monoisotopic (exact) mass is 320 g/mol. The van der Waals surface area contributed by atoms with Gasteiger partial charge in [-0.1, -0.05) is 0 Å². The minimum absolute atomic E-state index is 0. The maximum absolute atomic E-state index is 10.9. The van der Waals surface area contributed by atoms with E-state index in [1.807, 2.05) is 0 Å². The molecule has 12 heteroatoms. The van der Waals surface area contributed by atoms with E-state index in [0.717, 1.165) is 12.1 Å². The van der Waals surface area contributed by atoms with E-state index in [4.69, 9.17) is 0 Å². The van der Waals surface area contributed by atoms with Crippen LogP contribution in [-0.4, -0.2) is 27.9 Å². The molecular formula is C10H5LiN2O8S. The summed E-state index contributed by atoms with van der Waals surface area (Å²) in [4.78, 5) is 18.9. The Morgan fingerprint density at radius 2 is 1.50 bits per heavy atom. The Morgan fingerprint density at radius 1 is 0.955 bits per heavy atom. The fourth-order valence-electron chi connectivity index (χ4n) is 1.80. The van der Waals surface area contributed by atoms with E-state index in [1.54, 1.807) is 0 Å². The largest absolute Gasteiger partial charge is 1.00 e. The first-order valence-electron chi connectivity index (χ1n) is 5.17. The van der Waals surface area contributed by atoms with Crippen molar-refractivity contribution in [1.29, 1.82) is 0 Å². The summed E-state index contributed by atoms with van der Waals surface area (Å²) in [6.07, 6.45) is 0. The summed E-state index contributed by atoms with van der Waals surface area (Å²) < 4.78 is 32.8. The molecule has 0 spiro atoms. The molecule has 2 rings (SSSR count). The average Bonchev–Trinajstić information content (AvgIpc) is 2.36. The van der Waals surface area contributed by atoms with Gasteiger partial charge in [0.2, 0.25) is 5.75 Å². The number of phenols is 1. The van der Waals surface area contributed by atoms with Crippen molar-refractivity contribution in [1.82, 2.24) is 0 Å². The summed E-state index contributed by atoms with van der Waals surface area (Å²) in [6.45, 7) is 0. The van der Waals surface area contributed by atoms with Crippen LogP contribution in [0, 0.1) is 20.2 Å². The zero-order chi connectivity index (χ0) is 15.9. The minimum Gasteiger partial charge on any atom is -0.744 e. The zero-order valence-corrected chi connectivity index (χ0v) is 11.7. The van der Waals surface area contributed by atoms with Gasteiger partial charge in [-0.25, -0.2) is 8.42 Å². The van der Waals surface area contributed by atoms with Gasteiger partial charge in [0.05, 0.1) is 26.2 Å². The van der Waals surface area contributed by atoms with Gasteiger partial charge in [0.15, 0.2) is 0 Å². The molecule has 0 saturated carbocycles. The summed E-state index contributed by atoms with van der Waals surface area (Å²) >= 11 is 0. The Morgan fingerprint density at radius 3 is 1.95 bits per heavy atom. The van der Waals surface area contributed by atoms with E-state index >= 15 is 0 Å². The van der Waals surface area contributed by atoms with E-state index in [-0.39, 0.29) is 24.2 Å². The number of fused-ring (bicyclic) bond motifs is 1. The van der Waals surface area contributed by atoms with Crippen molar-refractivity contribution in [2.75, 3.05) is 0 Å². The van der Waals surface area contributed by atoms with Gasteiger partial charge < -0.3 is 9.66 Å². The third-order valence-electron chi connectivity index (χ3n) is 2.72. The summed E-state index contributed by atoms with van der Waals surface area (Å²) in [5.74, 6) is -0.953. The molecular weight excluding hydrogens is 315 g/mol. The number of nitro groups is 2. The number of nitrogens with zero attached hydrogens (tertiary/aromatic N) is 2. The molecule has 0 bridgehead atoms. The summed E-state index contributed by atoms with van der Waals surface area (Å²) in [5.41, 5.74) is -1.65. The number of phenolic OH excluding ortho intramolecular Hbond substituents is 1. The predicted molar refractivity (Wildman–Crippen MR) is 66.9 cm³/mol. The fraction of sp³-hybridized carbons (Fsp3) is 0. The van der Waals surface area contributed by atoms with Gasteiger partial charge in [0.1, 0.15) is 10.1 Å². The van der Waals surface area contributed by atoms with E-state index in [0.29, 0.717) is 12.1 Å². The first kappa shape index (κ1) is 17.9. The van der Waals surface area contributed by atoms with Gasteiger partial charge in [0, 0.05) is 5.39 Å². The van der Waals surface area contributed by atoms with Gasteiger partial charge in [-0.15, -0.1) is 0 Å². The van der Waals surface area contributed by atoms with Crippen molar-refractivity contribution < 1.29 is 46.8 Å². The number of hydrogen-bond acceptors (Lipinski definition) is 8. The van der Waals surface area contributed by atoms with Crippen molar-refractivity contribution in [3.05, 3.63) is 44.5 Å². The van der Waals surface area contributed by atoms with Crippen molar-refractivity contribution in [3.8, 4) is 5.75 Å². The van der Waals surface area contributed by atoms with E-state index in [9.17, 15) is 38.3 Å². The molecule has 0 aliphatic heterocycles. The van der Waals surface area contributed by atoms with Crippen LogP contribution in [0.25, 0.3) is 10.8 Å². The molecule has 0 aliphatic carbocycles. The topological polar surface area (TPSA) is 164 Å². The Bertz CT molecular complexity index is 895. The first-order chi connectivity index (χ1) is 9.62. The molecule has 0 unspecified atom stereocenters. The quantitative estimate of drug-likeness (QED) is 0.301. The molecule has 0 aliphatic rings. The van der Waals surface area contributed by atoms with Crippen LogP contribution in [-0.2, 0) is 10.1 Å². The van der Waals surface area contributed by atoms with Crippen molar-refractivity contribution in [2.45, 2.75) is 4.90 Å². The van der Waals surface area contributed by atoms with Crippen molar-refractivity contribution in [2.24, 2.45) is 0 Å². The Labute approximate surface area is 134 Å². The van der Waals surface area contributed by atoms with Gasteiger partial charge in [-0.3, -0.25) is 20.2 Å². The van der Waals surface area contributed by atoms with Gasteiger partial charge in [0.25, 0.3) is 5.69 Å². The SMILES string of the molecule is O=[N+]([O-])c1cc([N+](=O)[O-])c2ccc(S(=O)(=O)[O-])cc2c1O.[Li+]. The number of hydrogen-bond donors (Lipinski definition) is 1. The molecule has 110 valence electrons. The van der Waals surface area contributed by atoms with Crippen LogP contribution in [0.4, 0.5) is 11.4 Å². The van der Waals surface area contributed by atoms with Crippen molar-refractivity contribution >= 4 is 32.3 Å². The minimum atomic E-state index is -4.88. The van der Waals surface area contributed by atoms with Crippen LogP contribution in [0.3, 0.4) is 0 Å². The maximum Gasteiger partial charge on any atom is 1.00 e. The van der Waals surface area contributed by atoms with E-state index in [1.165, 1.54) is 0 Å². The van der Waals surface area contributed by atoms with Crippen LogP contribution in [0.1, 0.15) is 0 Å². The molecule has 0 saturated heterocycles. The predicted octanol–water partition coefficient (Wildman–Crippen LogP) is -1.73. The van der Waals surface area contributed by atoms with E-state index in [2.05, 4.69) is 0 Å². The molecule has 2 aromatic carbocycles. The second kappa shape index (κ2) is 5.89. The standard InChI is InChI=1S/C10H6N2O8S.Li/c13-10-7-3-5(21(18,19)20)1-2-6(7)8(11(14)15)4-9(10)12(16)17;/h1-4,13H,(H,18,19,20);/q;+1/p-1. The molecule has 0 heterocycles. The molecule has 10 nitrogen and oxygen atoms in total. The van der Waals surface area contributed by atoms with E-state index < -0.39 is 47.4 Å². The molecule has 0 amide bonds. The number of benzene rings is 2. The Balaban J connectivity index is 0.00000242. The molecule has 0 aromatic heterocycles.